The summed E-state index contributed by atoms with van der Waals surface area (Å²) in [7, 11) is 3.19. The number of ether oxygens (including phenoxy) is 2. The largest absolute Gasteiger partial charge is 0.495 e. The van der Waals surface area contributed by atoms with E-state index in [9.17, 15) is 0 Å². The molecule has 1 unspecified atom stereocenters. The molecule has 0 aliphatic heterocycles. The number of rotatable bonds is 5. The molecule has 0 fully saturated rings. The number of halogens is 1. The van der Waals surface area contributed by atoms with Gasteiger partial charge in [-0.05, 0) is 39.6 Å². The number of hydrogen-bond acceptors (Lipinski definition) is 7. The van der Waals surface area contributed by atoms with Crippen LogP contribution in [0.3, 0.4) is 0 Å². The first-order valence-corrected chi connectivity index (χ1v) is 6.99. The van der Waals surface area contributed by atoms with E-state index in [1.54, 1.807) is 14.2 Å². The Morgan fingerprint density at radius 3 is 2.68 bits per heavy atom. The van der Waals surface area contributed by atoms with E-state index in [0.717, 1.165) is 15.7 Å². The number of hydrazine groups is 1. The molecule has 0 radical (unpaired) electrons. The van der Waals surface area contributed by atoms with Crippen molar-refractivity contribution in [3.63, 3.8) is 0 Å². The van der Waals surface area contributed by atoms with Crippen LogP contribution in [0.5, 0.6) is 11.5 Å². The third kappa shape index (κ3) is 2.71. The van der Waals surface area contributed by atoms with Gasteiger partial charge in [0.05, 0.1) is 26.0 Å². The van der Waals surface area contributed by atoms with E-state index in [2.05, 4.69) is 30.9 Å². The molecule has 0 amide bonds. The molecule has 1 aromatic heterocycles. The third-order valence-electron chi connectivity index (χ3n) is 2.67. The minimum absolute atomic E-state index is 0.295. The van der Waals surface area contributed by atoms with E-state index in [4.69, 9.17) is 15.3 Å². The number of aromatic nitrogens is 2. The second-order valence-corrected chi connectivity index (χ2v) is 5.04. The van der Waals surface area contributed by atoms with Gasteiger partial charge < -0.3 is 9.47 Å². The summed E-state index contributed by atoms with van der Waals surface area (Å²) in [5.41, 5.74) is 4.31. The Hall–Kier alpha value is -1.22. The van der Waals surface area contributed by atoms with Crippen LogP contribution in [0.1, 0.15) is 17.3 Å². The van der Waals surface area contributed by atoms with Gasteiger partial charge in [0.1, 0.15) is 16.0 Å². The Morgan fingerprint density at radius 1 is 1.37 bits per heavy atom. The van der Waals surface area contributed by atoms with Crippen LogP contribution in [-0.2, 0) is 0 Å². The van der Waals surface area contributed by atoms with Gasteiger partial charge in [-0.25, -0.2) is 5.43 Å². The van der Waals surface area contributed by atoms with Crippen LogP contribution in [-0.4, -0.2) is 23.8 Å². The molecule has 3 N–H and O–H groups in total. The number of hydrogen-bond donors (Lipinski definition) is 2. The molecule has 0 saturated heterocycles. The molecule has 1 heterocycles. The van der Waals surface area contributed by atoms with Crippen molar-refractivity contribution in [2.45, 2.75) is 6.04 Å². The molecule has 0 spiro atoms. The molecule has 0 saturated carbocycles. The molecule has 0 aliphatic carbocycles. The maximum Gasteiger partial charge on any atom is 0.142 e. The third-order valence-corrected chi connectivity index (χ3v) is 3.94. The van der Waals surface area contributed by atoms with E-state index in [0.29, 0.717) is 11.5 Å². The molecule has 2 aromatic rings. The van der Waals surface area contributed by atoms with Gasteiger partial charge in [0.2, 0.25) is 0 Å². The van der Waals surface area contributed by atoms with Crippen LogP contribution in [0.15, 0.2) is 22.0 Å². The molecule has 102 valence electrons. The van der Waals surface area contributed by atoms with E-state index in [1.165, 1.54) is 11.5 Å². The first-order chi connectivity index (χ1) is 9.22. The van der Waals surface area contributed by atoms with Gasteiger partial charge in [-0.1, -0.05) is 4.49 Å². The molecule has 0 bridgehead atoms. The van der Waals surface area contributed by atoms with Gasteiger partial charge in [0.15, 0.2) is 0 Å². The molecule has 1 aromatic carbocycles. The second kappa shape index (κ2) is 6.29. The van der Waals surface area contributed by atoms with Crippen molar-refractivity contribution in [3.8, 4) is 11.5 Å². The Bertz CT molecular complexity index is 550. The summed E-state index contributed by atoms with van der Waals surface area (Å²) in [6.07, 6.45) is 0. The first-order valence-electron chi connectivity index (χ1n) is 5.36. The first kappa shape index (κ1) is 14.2. The van der Waals surface area contributed by atoms with Crippen LogP contribution in [0, 0.1) is 0 Å². The zero-order valence-corrected chi connectivity index (χ0v) is 12.8. The summed E-state index contributed by atoms with van der Waals surface area (Å²) in [6.45, 7) is 0. The van der Waals surface area contributed by atoms with E-state index in [-0.39, 0.29) is 6.04 Å². The standard InChI is InChI=1S/C11H13BrN4O2S/c1-17-8-4-3-6(11(18-2)9(8)12)10(14-13)7-5-19-16-15-7/h3-5,10,14H,13H2,1-2H3. The van der Waals surface area contributed by atoms with Gasteiger partial charge in [-0.3, -0.25) is 5.84 Å². The predicted octanol–water partition coefficient (Wildman–Crippen LogP) is 1.87. The minimum atomic E-state index is -0.295. The molecule has 0 aliphatic rings. The normalized spacial score (nSPS) is 12.2. The van der Waals surface area contributed by atoms with Gasteiger partial charge in [-0.15, -0.1) is 5.10 Å². The van der Waals surface area contributed by atoms with Crippen molar-refractivity contribution in [3.05, 3.63) is 33.2 Å². The Kier molecular flexibility index (Phi) is 4.70. The van der Waals surface area contributed by atoms with Crippen LogP contribution >= 0.6 is 27.5 Å². The fraction of sp³-hybridized carbons (Fsp3) is 0.273. The van der Waals surface area contributed by atoms with Crippen molar-refractivity contribution < 1.29 is 9.47 Å². The molecule has 8 heteroatoms. The highest BCUT2D eigenvalue weighted by Crippen LogP contribution is 2.40. The lowest BCUT2D eigenvalue weighted by Crippen LogP contribution is -2.29. The van der Waals surface area contributed by atoms with Gasteiger partial charge in [0.25, 0.3) is 0 Å². The summed E-state index contributed by atoms with van der Waals surface area (Å²) >= 11 is 4.73. The quantitative estimate of drug-likeness (QED) is 0.636. The van der Waals surface area contributed by atoms with Crippen LogP contribution in [0.2, 0.25) is 0 Å². The van der Waals surface area contributed by atoms with Crippen molar-refractivity contribution >= 4 is 27.5 Å². The fourth-order valence-electron chi connectivity index (χ4n) is 1.78. The number of nitrogens with two attached hydrogens (primary N) is 1. The average molecular weight is 345 g/mol. The van der Waals surface area contributed by atoms with Crippen molar-refractivity contribution in [2.75, 3.05) is 14.2 Å². The lowest BCUT2D eigenvalue weighted by molar-refractivity contribution is 0.382. The Balaban J connectivity index is 2.52. The highest BCUT2D eigenvalue weighted by molar-refractivity contribution is 9.10. The molecule has 19 heavy (non-hydrogen) atoms. The average Bonchev–Trinajstić information content (AvgIpc) is 2.94. The molecular weight excluding hydrogens is 332 g/mol. The van der Waals surface area contributed by atoms with Gasteiger partial charge in [0, 0.05) is 10.9 Å². The highest BCUT2D eigenvalue weighted by atomic mass is 79.9. The lowest BCUT2D eigenvalue weighted by Gasteiger charge is -2.19. The maximum absolute atomic E-state index is 5.62. The molecular formula is C11H13BrN4O2S. The van der Waals surface area contributed by atoms with E-state index in [1.807, 2.05) is 17.5 Å². The van der Waals surface area contributed by atoms with Gasteiger partial charge in [-0.2, -0.15) is 0 Å². The minimum Gasteiger partial charge on any atom is -0.495 e. The number of nitrogens with one attached hydrogen (secondary N) is 1. The smallest absolute Gasteiger partial charge is 0.142 e. The van der Waals surface area contributed by atoms with E-state index < -0.39 is 0 Å². The molecule has 2 rings (SSSR count). The zero-order chi connectivity index (χ0) is 13.8. The van der Waals surface area contributed by atoms with E-state index >= 15 is 0 Å². The Morgan fingerprint density at radius 2 is 2.16 bits per heavy atom. The van der Waals surface area contributed by atoms with Crippen LogP contribution in [0.4, 0.5) is 0 Å². The Labute approximate surface area is 123 Å². The number of methoxy groups -OCH3 is 2. The summed E-state index contributed by atoms with van der Waals surface area (Å²) < 4.78 is 15.3. The van der Waals surface area contributed by atoms with Gasteiger partial charge >= 0.3 is 0 Å². The predicted molar refractivity (Wildman–Crippen MR) is 76.3 cm³/mol. The maximum atomic E-state index is 5.62. The van der Waals surface area contributed by atoms with Crippen LogP contribution in [0.25, 0.3) is 0 Å². The molecule has 1 atom stereocenters. The summed E-state index contributed by atoms with van der Waals surface area (Å²) in [5, 5.41) is 5.87. The lowest BCUT2D eigenvalue weighted by atomic mass is 10.0. The van der Waals surface area contributed by atoms with Crippen molar-refractivity contribution in [2.24, 2.45) is 5.84 Å². The second-order valence-electron chi connectivity index (χ2n) is 3.63. The van der Waals surface area contributed by atoms with Crippen molar-refractivity contribution in [1.29, 1.82) is 0 Å². The fourth-order valence-corrected chi connectivity index (χ4v) is 2.94. The topological polar surface area (TPSA) is 82.3 Å². The number of benzene rings is 1. The summed E-state index contributed by atoms with van der Waals surface area (Å²) in [6, 6.07) is 3.43. The number of nitrogens with zero attached hydrogens (tertiary/aromatic N) is 2. The zero-order valence-electron chi connectivity index (χ0n) is 10.4. The van der Waals surface area contributed by atoms with Crippen molar-refractivity contribution in [1.82, 2.24) is 15.0 Å². The van der Waals surface area contributed by atoms with Crippen LogP contribution < -0.4 is 20.7 Å². The highest BCUT2D eigenvalue weighted by Gasteiger charge is 2.22. The molecule has 6 nitrogen and oxygen atoms in total. The summed E-state index contributed by atoms with van der Waals surface area (Å²) in [4.78, 5) is 0. The SMILES string of the molecule is COc1ccc(C(NN)c2csnn2)c(OC)c1Br. The summed E-state index contributed by atoms with van der Waals surface area (Å²) in [5.74, 6) is 6.96. The monoisotopic (exact) mass is 344 g/mol.